The first-order valence-corrected chi connectivity index (χ1v) is 5.04. The van der Waals surface area contributed by atoms with Crippen LogP contribution < -0.4 is 0 Å². The van der Waals surface area contributed by atoms with Crippen molar-refractivity contribution < 1.29 is 28.5 Å². The van der Waals surface area contributed by atoms with Crippen LogP contribution in [-0.4, -0.2) is 42.6 Å². The topological polar surface area (TPSA) is 71.1 Å². The minimum atomic E-state index is -0.707. The maximum absolute atomic E-state index is 10.8. The Kier molecular flexibility index (Phi) is 4.48. The van der Waals surface area contributed by atoms with Gasteiger partial charge in [0.25, 0.3) is 0 Å². The molecule has 0 spiro atoms. The number of rotatable bonds is 4. The molecule has 0 aromatic carbocycles. The number of thiocarbonyl (C=S) groups is 1. The Labute approximate surface area is 97.8 Å². The molecule has 0 radical (unpaired) electrons. The van der Waals surface area contributed by atoms with Gasteiger partial charge < -0.3 is 18.9 Å². The Bertz CT molecular complexity index is 302. The van der Waals surface area contributed by atoms with Gasteiger partial charge in [0.1, 0.15) is 13.2 Å². The van der Waals surface area contributed by atoms with Gasteiger partial charge in [0.2, 0.25) is 0 Å². The number of carbonyl (C=O) groups excluding carboxylic acids is 2. The van der Waals surface area contributed by atoms with Gasteiger partial charge in [-0.25, -0.2) is 0 Å². The third-order valence-corrected chi connectivity index (χ3v) is 2.01. The zero-order chi connectivity index (χ0) is 12.1. The highest BCUT2D eigenvalue weighted by molar-refractivity contribution is 7.79. The molecule has 0 unspecified atom stereocenters. The van der Waals surface area contributed by atoms with E-state index in [4.69, 9.17) is 18.9 Å². The standard InChI is InChI=1S/C9H12O6S/c1-5(10)12-3-7(14-6(2)11)8-4-13-9(16)15-8/h7-8H,3-4H2,1-2H3/t7-,8+/m1/s1. The average molecular weight is 248 g/mol. The quantitative estimate of drug-likeness (QED) is 0.519. The number of carbonyl (C=O) groups is 2. The van der Waals surface area contributed by atoms with Gasteiger partial charge >= 0.3 is 17.2 Å². The second-order valence-corrected chi connectivity index (χ2v) is 3.50. The summed E-state index contributed by atoms with van der Waals surface area (Å²) in [4.78, 5) is 21.5. The monoisotopic (exact) mass is 248 g/mol. The van der Waals surface area contributed by atoms with Crippen LogP contribution in [0.4, 0.5) is 0 Å². The summed E-state index contributed by atoms with van der Waals surface area (Å²) >= 11 is 4.67. The van der Waals surface area contributed by atoms with Crippen LogP contribution in [0.25, 0.3) is 0 Å². The summed E-state index contributed by atoms with van der Waals surface area (Å²) in [6, 6.07) is 0. The van der Waals surface area contributed by atoms with Crippen molar-refractivity contribution in [3.05, 3.63) is 0 Å². The summed E-state index contributed by atoms with van der Waals surface area (Å²) in [5.74, 6) is -0.947. The highest BCUT2D eigenvalue weighted by Crippen LogP contribution is 2.14. The molecule has 0 amide bonds. The van der Waals surface area contributed by atoms with Gasteiger partial charge in [-0.15, -0.1) is 0 Å². The lowest BCUT2D eigenvalue weighted by Crippen LogP contribution is -2.37. The largest absolute Gasteiger partial charge is 0.462 e. The van der Waals surface area contributed by atoms with E-state index in [0.717, 1.165) is 0 Å². The van der Waals surface area contributed by atoms with Crippen LogP contribution in [0.1, 0.15) is 13.8 Å². The van der Waals surface area contributed by atoms with E-state index in [0.29, 0.717) is 0 Å². The SMILES string of the molecule is CC(=O)OC[C@@H](OC(C)=O)[C@@H]1COC(=S)O1. The molecule has 1 heterocycles. The lowest BCUT2D eigenvalue weighted by Gasteiger charge is -2.20. The fourth-order valence-electron chi connectivity index (χ4n) is 1.15. The second kappa shape index (κ2) is 5.64. The van der Waals surface area contributed by atoms with E-state index >= 15 is 0 Å². The molecule has 0 saturated carbocycles. The average Bonchev–Trinajstić information content (AvgIpc) is 2.58. The lowest BCUT2D eigenvalue weighted by atomic mass is 10.2. The maximum Gasteiger partial charge on any atom is 0.352 e. The van der Waals surface area contributed by atoms with E-state index < -0.39 is 24.1 Å². The Morgan fingerprint density at radius 2 is 2.19 bits per heavy atom. The van der Waals surface area contributed by atoms with Gasteiger partial charge in [-0.3, -0.25) is 9.59 Å². The second-order valence-electron chi connectivity index (χ2n) is 3.17. The van der Waals surface area contributed by atoms with Gasteiger partial charge in [0.05, 0.1) is 0 Å². The van der Waals surface area contributed by atoms with E-state index in [9.17, 15) is 9.59 Å². The Hall–Kier alpha value is -1.37. The first kappa shape index (κ1) is 12.7. The van der Waals surface area contributed by atoms with Crippen molar-refractivity contribution in [2.24, 2.45) is 0 Å². The van der Waals surface area contributed by atoms with Gasteiger partial charge in [-0.1, -0.05) is 0 Å². The summed E-state index contributed by atoms with van der Waals surface area (Å²) in [6.45, 7) is 2.62. The van der Waals surface area contributed by atoms with Crippen molar-refractivity contribution in [3.8, 4) is 0 Å². The van der Waals surface area contributed by atoms with Crippen LogP contribution in [0, 0.1) is 0 Å². The van der Waals surface area contributed by atoms with Gasteiger partial charge in [0.15, 0.2) is 12.2 Å². The molecule has 90 valence electrons. The molecule has 1 aliphatic heterocycles. The van der Waals surface area contributed by atoms with Crippen molar-refractivity contribution in [3.63, 3.8) is 0 Å². The Balaban J connectivity index is 2.52. The number of esters is 2. The van der Waals surface area contributed by atoms with Crippen LogP contribution in [0.15, 0.2) is 0 Å². The van der Waals surface area contributed by atoms with Crippen molar-refractivity contribution >= 4 is 29.4 Å². The molecule has 1 aliphatic rings. The molecule has 1 fully saturated rings. The fraction of sp³-hybridized carbons (Fsp3) is 0.667. The van der Waals surface area contributed by atoms with Crippen molar-refractivity contribution in [1.29, 1.82) is 0 Å². The molecule has 0 aromatic heterocycles. The number of hydrogen-bond donors (Lipinski definition) is 0. The molecule has 0 aromatic rings. The zero-order valence-corrected chi connectivity index (χ0v) is 9.74. The Morgan fingerprint density at radius 1 is 1.50 bits per heavy atom. The van der Waals surface area contributed by atoms with Gasteiger partial charge in [-0.05, 0) is 0 Å². The zero-order valence-electron chi connectivity index (χ0n) is 8.93. The fourth-order valence-corrected chi connectivity index (χ4v) is 1.35. The Morgan fingerprint density at radius 3 is 2.62 bits per heavy atom. The minimum absolute atomic E-state index is 0.00461. The smallest absolute Gasteiger partial charge is 0.352 e. The summed E-state index contributed by atoms with van der Waals surface area (Å²) in [7, 11) is 0. The molecular formula is C9H12O6S. The van der Waals surface area contributed by atoms with Crippen LogP contribution in [-0.2, 0) is 28.5 Å². The van der Waals surface area contributed by atoms with E-state index in [1.165, 1.54) is 13.8 Å². The highest BCUT2D eigenvalue weighted by atomic mass is 32.1. The van der Waals surface area contributed by atoms with Crippen LogP contribution in [0.2, 0.25) is 0 Å². The highest BCUT2D eigenvalue weighted by Gasteiger charge is 2.33. The summed E-state index contributed by atoms with van der Waals surface area (Å²) in [5, 5.41) is 0.00461. The van der Waals surface area contributed by atoms with E-state index in [2.05, 4.69) is 12.2 Å². The van der Waals surface area contributed by atoms with Crippen molar-refractivity contribution in [2.45, 2.75) is 26.1 Å². The molecule has 7 heteroatoms. The summed E-state index contributed by atoms with van der Waals surface area (Å²) in [6.07, 6.45) is -1.24. The van der Waals surface area contributed by atoms with E-state index in [1.807, 2.05) is 0 Å². The van der Waals surface area contributed by atoms with Crippen LogP contribution in [0.5, 0.6) is 0 Å². The van der Waals surface area contributed by atoms with Gasteiger partial charge in [0, 0.05) is 26.1 Å². The van der Waals surface area contributed by atoms with Crippen LogP contribution >= 0.6 is 12.2 Å². The van der Waals surface area contributed by atoms with Gasteiger partial charge in [-0.2, -0.15) is 0 Å². The van der Waals surface area contributed by atoms with E-state index in [1.54, 1.807) is 0 Å². The molecule has 16 heavy (non-hydrogen) atoms. The molecule has 2 atom stereocenters. The molecule has 1 saturated heterocycles. The number of ether oxygens (including phenoxy) is 4. The molecule has 0 bridgehead atoms. The molecule has 1 rings (SSSR count). The minimum Gasteiger partial charge on any atom is -0.462 e. The first-order chi connectivity index (χ1) is 7.49. The summed E-state index contributed by atoms with van der Waals surface area (Å²) in [5.41, 5.74) is 0. The third-order valence-electron chi connectivity index (χ3n) is 1.80. The third kappa shape index (κ3) is 4.01. The number of hydrogen-bond acceptors (Lipinski definition) is 7. The maximum atomic E-state index is 10.8. The summed E-state index contributed by atoms with van der Waals surface area (Å²) < 4.78 is 19.7. The predicted octanol–water partition coefficient (Wildman–Crippen LogP) is 0.181. The normalized spacial score (nSPS) is 20.6. The molecule has 6 nitrogen and oxygen atoms in total. The molecule has 0 aliphatic carbocycles. The van der Waals surface area contributed by atoms with E-state index in [-0.39, 0.29) is 18.5 Å². The van der Waals surface area contributed by atoms with Crippen molar-refractivity contribution in [1.82, 2.24) is 0 Å². The predicted molar refractivity (Wildman–Crippen MR) is 55.6 cm³/mol. The molecule has 0 N–H and O–H groups in total. The lowest BCUT2D eigenvalue weighted by molar-refractivity contribution is -0.161. The molecular weight excluding hydrogens is 236 g/mol. The van der Waals surface area contributed by atoms with Crippen molar-refractivity contribution in [2.75, 3.05) is 13.2 Å². The first-order valence-electron chi connectivity index (χ1n) is 4.63. The van der Waals surface area contributed by atoms with Crippen LogP contribution in [0.3, 0.4) is 0 Å².